The average molecular weight is 261 g/mol. The van der Waals surface area contributed by atoms with Crippen LogP contribution >= 0.6 is 0 Å². The van der Waals surface area contributed by atoms with E-state index in [2.05, 4.69) is 10.3 Å². The number of piperidine rings is 1. The summed E-state index contributed by atoms with van der Waals surface area (Å²) >= 11 is 0. The highest BCUT2D eigenvalue weighted by Gasteiger charge is 2.27. The van der Waals surface area contributed by atoms with Crippen molar-refractivity contribution in [2.24, 2.45) is 5.92 Å². The van der Waals surface area contributed by atoms with E-state index < -0.39 is 0 Å². The molecule has 1 aromatic rings. The number of hydrogen-bond acceptors (Lipinski definition) is 3. The maximum Gasteiger partial charge on any atom is 0.272 e. The number of amides is 2. The van der Waals surface area contributed by atoms with E-state index in [1.807, 2.05) is 19.1 Å². The lowest BCUT2D eigenvalue weighted by atomic mass is 9.96. The summed E-state index contributed by atoms with van der Waals surface area (Å²) in [5.41, 5.74) is 1.32. The molecule has 0 saturated carbocycles. The standard InChI is InChI=1S/C14H19N3O2/c1-10-4-3-5-12(16-10)14(19)17-8-6-11(7-9-17)13(18)15-2/h3-5,11H,6-9H2,1-2H3,(H,15,18). The maximum absolute atomic E-state index is 12.3. The van der Waals surface area contributed by atoms with Crippen molar-refractivity contribution in [2.45, 2.75) is 19.8 Å². The van der Waals surface area contributed by atoms with E-state index in [-0.39, 0.29) is 17.7 Å². The Morgan fingerprint density at radius 1 is 1.32 bits per heavy atom. The minimum absolute atomic E-state index is 0.0273. The number of aryl methyl sites for hydroxylation is 1. The number of nitrogens with zero attached hydrogens (tertiary/aromatic N) is 2. The van der Waals surface area contributed by atoms with Crippen LogP contribution in [-0.4, -0.2) is 41.8 Å². The molecule has 0 spiro atoms. The lowest BCUT2D eigenvalue weighted by Crippen LogP contribution is -2.42. The summed E-state index contributed by atoms with van der Waals surface area (Å²) in [5.74, 6) is 0.0550. The second kappa shape index (κ2) is 5.82. The fraction of sp³-hybridized carbons (Fsp3) is 0.500. The maximum atomic E-state index is 12.3. The highest BCUT2D eigenvalue weighted by atomic mass is 16.2. The van der Waals surface area contributed by atoms with Crippen LogP contribution in [0, 0.1) is 12.8 Å². The normalized spacial score (nSPS) is 16.2. The van der Waals surface area contributed by atoms with Gasteiger partial charge in [0.1, 0.15) is 5.69 Å². The molecular formula is C14H19N3O2. The molecule has 2 heterocycles. The average Bonchev–Trinajstić information content (AvgIpc) is 2.46. The van der Waals surface area contributed by atoms with E-state index >= 15 is 0 Å². The SMILES string of the molecule is CNC(=O)C1CCN(C(=O)c2cccc(C)n2)CC1. The monoisotopic (exact) mass is 261 g/mol. The van der Waals surface area contributed by atoms with Crippen molar-refractivity contribution in [3.05, 3.63) is 29.6 Å². The van der Waals surface area contributed by atoms with Gasteiger partial charge in [-0.2, -0.15) is 0 Å². The molecule has 19 heavy (non-hydrogen) atoms. The highest BCUT2D eigenvalue weighted by molar-refractivity contribution is 5.92. The van der Waals surface area contributed by atoms with E-state index in [1.165, 1.54) is 0 Å². The van der Waals surface area contributed by atoms with Crippen molar-refractivity contribution in [1.82, 2.24) is 15.2 Å². The molecule has 1 saturated heterocycles. The van der Waals surface area contributed by atoms with Crippen LogP contribution in [0.2, 0.25) is 0 Å². The number of carbonyl (C=O) groups excluding carboxylic acids is 2. The van der Waals surface area contributed by atoms with Crippen LogP contribution in [-0.2, 0) is 4.79 Å². The third-order valence-electron chi connectivity index (χ3n) is 3.51. The molecule has 0 unspecified atom stereocenters. The Balaban J connectivity index is 1.98. The lowest BCUT2D eigenvalue weighted by Gasteiger charge is -2.30. The van der Waals surface area contributed by atoms with E-state index in [0.717, 1.165) is 18.5 Å². The summed E-state index contributed by atoms with van der Waals surface area (Å²) in [6, 6.07) is 5.45. The van der Waals surface area contributed by atoms with Crippen LogP contribution in [0.25, 0.3) is 0 Å². The minimum Gasteiger partial charge on any atom is -0.359 e. The van der Waals surface area contributed by atoms with E-state index in [0.29, 0.717) is 18.8 Å². The Hall–Kier alpha value is -1.91. The molecule has 0 aliphatic carbocycles. The van der Waals surface area contributed by atoms with Gasteiger partial charge in [0.25, 0.3) is 5.91 Å². The molecule has 1 N–H and O–H groups in total. The summed E-state index contributed by atoms with van der Waals surface area (Å²) in [7, 11) is 1.65. The van der Waals surface area contributed by atoms with Gasteiger partial charge in [-0.3, -0.25) is 9.59 Å². The first kappa shape index (κ1) is 13.5. The van der Waals surface area contributed by atoms with Gasteiger partial charge in [0.05, 0.1) is 0 Å². The van der Waals surface area contributed by atoms with Crippen LogP contribution in [0.3, 0.4) is 0 Å². The van der Waals surface area contributed by atoms with E-state index in [9.17, 15) is 9.59 Å². The lowest BCUT2D eigenvalue weighted by molar-refractivity contribution is -0.125. The van der Waals surface area contributed by atoms with Gasteiger partial charge in [0.2, 0.25) is 5.91 Å². The molecule has 0 bridgehead atoms. The van der Waals surface area contributed by atoms with Gasteiger partial charge in [-0.1, -0.05) is 6.07 Å². The highest BCUT2D eigenvalue weighted by Crippen LogP contribution is 2.18. The number of carbonyl (C=O) groups is 2. The minimum atomic E-state index is -0.0425. The van der Waals surface area contributed by atoms with Gasteiger partial charge >= 0.3 is 0 Å². The third kappa shape index (κ3) is 3.10. The van der Waals surface area contributed by atoms with Crippen LogP contribution < -0.4 is 5.32 Å². The first-order chi connectivity index (χ1) is 9.11. The van der Waals surface area contributed by atoms with Gasteiger partial charge in [0.15, 0.2) is 0 Å². The molecule has 0 radical (unpaired) electrons. The topological polar surface area (TPSA) is 62.3 Å². The molecule has 1 aliphatic rings. The number of rotatable bonds is 2. The van der Waals surface area contributed by atoms with Crippen molar-refractivity contribution in [3.63, 3.8) is 0 Å². The third-order valence-corrected chi connectivity index (χ3v) is 3.51. The number of pyridine rings is 1. The smallest absolute Gasteiger partial charge is 0.272 e. The zero-order valence-electron chi connectivity index (χ0n) is 11.3. The fourth-order valence-electron chi connectivity index (χ4n) is 2.37. The number of likely N-dealkylation sites (tertiary alicyclic amines) is 1. The van der Waals surface area contributed by atoms with E-state index in [1.54, 1.807) is 18.0 Å². The predicted molar refractivity (Wildman–Crippen MR) is 71.7 cm³/mol. The molecule has 0 aromatic carbocycles. The summed E-state index contributed by atoms with van der Waals surface area (Å²) in [6.07, 6.45) is 1.44. The second-order valence-corrected chi connectivity index (χ2v) is 4.84. The fourth-order valence-corrected chi connectivity index (χ4v) is 2.37. The molecule has 102 valence electrons. The molecule has 1 fully saturated rings. The Morgan fingerprint density at radius 2 is 2.00 bits per heavy atom. The summed E-state index contributed by atoms with van der Waals surface area (Å²) in [4.78, 5) is 29.8. The molecular weight excluding hydrogens is 242 g/mol. The zero-order valence-corrected chi connectivity index (χ0v) is 11.3. The Labute approximate surface area is 113 Å². The number of aromatic nitrogens is 1. The van der Waals surface area contributed by atoms with Crippen molar-refractivity contribution < 1.29 is 9.59 Å². The van der Waals surface area contributed by atoms with Gasteiger partial charge in [-0.15, -0.1) is 0 Å². The van der Waals surface area contributed by atoms with Crippen molar-refractivity contribution in [2.75, 3.05) is 20.1 Å². The summed E-state index contributed by atoms with van der Waals surface area (Å²) in [5, 5.41) is 2.66. The van der Waals surface area contributed by atoms with Crippen LogP contribution in [0.5, 0.6) is 0 Å². The number of nitrogens with one attached hydrogen (secondary N) is 1. The van der Waals surface area contributed by atoms with E-state index in [4.69, 9.17) is 0 Å². The summed E-state index contributed by atoms with van der Waals surface area (Å²) in [6.45, 7) is 3.10. The second-order valence-electron chi connectivity index (χ2n) is 4.84. The largest absolute Gasteiger partial charge is 0.359 e. The summed E-state index contributed by atoms with van der Waals surface area (Å²) < 4.78 is 0. The van der Waals surface area contributed by atoms with Crippen molar-refractivity contribution in [3.8, 4) is 0 Å². The number of hydrogen-bond donors (Lipinski definition) is 1. The Kier molecular flexibility index (Phi) is 4.14. The van der Waals surface area contributed by atoms with Crippen LogP contribution in [0.1, 0.15) is 29.0 Å². The quantitative estimate of drug-likeness (QED) is 0.863. The van der Waals surface area contributed by atoms with Gasteiger partial charge in [0, 0.05) is 31.7 Å². The molecule has 5 nitrogen and oxygen atoms in total. The van der Waals surface area contributed by atoms with Gasteiger partial charge in [-0.05, 0) is 31.9 Å². The first-order valence-electron chi connectivity index (χ1n) is 6.56. The Bertz CT molecular complexity index is 479. The molecule has 5 heteroatoms. The van der Waals surface area contributed by atoms with Gasteiger partial charge < -0.3 is 10.2 Å². The van der Waals surface area contributed by atoms with Gasteiger partial charge in [-0.25, -0.2) is 4.98 Å². The van der Waals surface area contributed by atoms with Crippen LogP contribution in [0.4, 0.5) is 0 Å². The molecule has 2 amide bonds. The molecule has 2 rings (SSSR count). The first-order valence-corrected chi connectivity index (χ1v) is 6.56. The molecule has 0 atom stereocenters. The Morgan fingerprint density at radius 3 is 2.58 bits per heavy atom. The zero-order chi connectivity index (χ0) is 13.8. The van der Waals surface area contributed by atoms with Crippen LogP contribution in [0.15, 0.2) is 18.2 Å². The van der Waals surface area contributed by atoms with Crippen molar-refractivity contribution >= 4 is 11.8 Å². The molecule has 1 aromatic heterocycles. The van der Waals surface area contributed by atoms with Crippen molar-refractivity contribution in [1.29, 1.82) is 0 Å². The molecule has 1 aliphatic heterocycles. The predicted octanol–water partition coefficient (Wildman–Crippen LogP) is 0.988.